The van der Waals surface area contributed by atoms with Crippen LogP contribution in [0.25, 0.3) is 0 Å². The van der Waals surface area contributed by atoms with Crippen molar-refractivity contribution >= 4 is 16.0 Å². The standard InChI is InChI=1S/C14H19NO7S/c1-2-20-5-6-23(18,19)15-11(14(16)17)7-10-3-4-12-13(8-10)22-9-21-12/h3-4,8,11,15H,2,5-7,9H2,1H3,(H,16,17). The van der Waals surface area contributed by atoms with Crippen LogP contribution in [0.2, 0.25) is 0 Å². The molecule has 0 aromatic heterocycles. The lowest BCUT2D eigenvalue weighted by Crippen LogP contribution is -2.43. The molecule has 23 heavy (non-hydrogen) atoms. The molecule has 0 fully saturated rings. The van der Waals surface area contributed by atoms with Gasteiger partial charge in [-0.25, -0.2) is 13.1 Å². The van der Waals surface area contributed by atoms with E-state index in [1.807, 2.05) is 0 Å². The van der Waals surface area contributed by atoms with E-state index in [4.69, 9.17) is 14.2 Å². The molecule has 1 aliphatic heterocycles. The largest absolute Gasteiger partial charge is 0.480 e. The van der Waals surface area contributed by atoms with Gasteiger partial charge in [-0.15, -0.1) is 0 Å². The highest BCUT2D eigenvalue weighted by atomic mass is 32.2. The molecule has 9 heteroatoms. The number of hydrogen-bond acceptors (Lipinski definition) is 6. The fourth-order valence-electron chi connectivity index (χ4n) is 2.07. The summed E-state index contributed by atoms with van der Waals surface area (Å²) < 4.78 is 41.4. The second-order valence-electron chi connectivity index (χ2n) is 4.92. The van der Waals surface area contributed by atoms with E-state index >= 15 is 0 Å². The van der Waals surface area contributed by atoms with Crippen LogP contribution in [-0.4, -0.2) is 51.3 Å². The first-order chi connectivity index (χ1) is 10.9. The number of ether oxygens (including phenoxy) is 3. The van der Waals surface area contributed by atoms with E-state index < -0.39 is 22.0 Å². The summed E-state index contributed by atoms with van der Waals surface area (Å²) in [5, 5.41) is 9.25. The number of aliphatic carboxylic acids is 1. The summed E-state index contributed by atoms with van der Waals surface area (Å²) in [5.74, 6) is -0.433. The first-order valence-corrected chi connectivity index (χ1v) is 8.75. The van der Waals surface area contributed by atoms with Crippen molar-refractivity contribution < 1.29 is 32.5 Å². The van der Waals surface area contributed by atoms with Gasteiger partial charge in [-0.05, 0) is 31.0 Å². The lowest BCUT2D eigenvalue weighted by Gasteiger charge is -2.15. The predicted molar refractivity (Wildman–Crippen MR) is 81.1 cm³/mol. The highest BCUT2D eigenvalue weighted by Crippen LogP contribution is 2.32. The molecule has 128 valence electrons. The van der Waals surface area contributed by atoms with Gasteiger partial charge in [0, 0.05) is 6.61 Å². The maximum atomic E-state index is 11.9. The zero-order valence-corrected chi connectivity index (χ0v) is 13.5. The molecule has 8 nitrogen and oxygen atoms in total. The number of carbonyl (C=O) groups is 1. The molecule has 0 spiro atoms. The molecule has 0 saturated heterocycles. The summed E-state index contributed by atoms with van der Waals surface area (Å²) >= 11 is 0. The zero-order chi connectivity index (χ0) is 16.9. The molecular formula is C14H19NO7S. The SMILES string of the molecule is CCOCCS(=O)(=O)NC(Cc1ccc2c(c1)OCO2)C(=O)O. The maximum absolute atomic E-state index is 11.9. The molecule has 1 unspecified atom stereocenters. The van der Waals surface area contributed by atoms with Crippen LogP contribution >= 0.6 is 0 Å². The summed E-state index contributed by atoms with van der Waals surface area (Å²) in [5.41, 5.74) is 0.633. The van der Waals surface area contributed by atoms with Crippen molar-refractivity contribution in [3.05, 3.63) is 23.8 Å². The summed E-state index contributed by atoms with van der Waals surface area (Å²) in [6, 6.07) is 3.73. The maximum Gasteiger partial charge on any atom is 0.322 e. The number of carboxylic acids is 1. The van der Waals surface area contributed by atoms with Crippen LogP contribution in [0, 0.1) is 0 Å². The van der Waals surface area contributed by atoms with Gasteiger partial charge in [0.15, 0.2) is 11.5 Å². The molecule has 0 radical (unpaired) electrons. The Morgan fingerprint density at radius 1 is 1.39 bits per heavy atom. The molecule has 0 saturated carbocycles. The number of sulfonamides is 1. The summed E-state index contributed by atoms with van der Waals surface area (Å²) in [6.45, 7) is 2.28. The molecule has 0 amide bonds. The highest BCUT2D eigenvalue weighted by molar-refractivity contribution is 7.89. The Balaban J connectivity index is 2.03. The van der Waals surface area contributed by atoms with Crippen LogP contribution in [0.5, 0.6) is 11.5 Å². The molecule has 1 aromatic rings. The number of hydrogen-bond donors (Lipinski definition) is 2. The third kappa shape index (κ3) is 5.08. The molecule has 1 heterocycles. The van der Waals surface area contributed by atoms with Gasteiger partial charge in [-0.3, -0.25) is 4.79 Å². The first-order valence-electron chi connectivity index (χ1n) is 7.10. The van der Waals surface area contributed by atoms with E-state index in [0.29, 0.717) is 23.7 Å². The van der Waals surface area contributed by atoms with Gasteiger partial charge >= 0.3 is 5.97 Å². The Hall–Kier alpha value is -1.84. The number of nitrogens with one attached hydrogen (secondary N) is 1. The topological polar surface area (TPSA) is 111 Å². The minimum atomic E-state index is -3.74. The lowest BCUT2D eigenvalue weighted by molar-refractivity contribution is -0.138. The van der Waals surface area contributed by atoms with Crippen LogP contribution in [0.4, 0.5) is 0 Å². The van der Waals surface area contributed by atoms with Crippen molar-refractivity contribution in [1.29, 1.82) is 0 Å². The van der Waals surface area contributed by atoms with Gasteiger partial charge in [0.1, 0.15) is 6.04 Å². The van der Waals surface area contributed by atoms with Crippen LogP contribution < -0.4 is 14.2 Å². The predicted octanol–water partition coefficient (Wildman–Crippen LogP) is 0.367. The smallest absolute Gasteiger partial charge is 0.322 e. The molecule has 1 atom stereocenters. The molecule has 1 aromatic carbocycles. The Kier molecular flexibility index (Phi) is 5.80. The number of carboxylic acid groups (broad SMARTS) is 1. The Labute approximate surface area is 134 Å². The van der Waals surface area contributed by atoms with Crippen LogP contribution in [-0.2, 0) is 26.0 Å². The molecule has 1 aliphatic rings. The third-order valence-electron chi connectivity index (χ3n) is 3.20. The monoisotopic (exact) mass is 345 g/mol. The third-order valence-corrected chi connectivity index (χ3v) is 4.55. The van der Waals surface area contributed by atoms with Crippen LogP contribution in [0.1, 0.15) is 12.5 Å². The summed E-state index contributed by atoms with van der Waals surface area (Å²) in [6.07, 6.45) is -0.000160. The van der Waals surface area contributed by atoms with Crippen molar-refractivity contribution in [2.45, 2.75) is 19.4 Å². The average Bonchev–Trinajstić information content (AvgIpc) is 2.94. The molecule has 0 bridgehead atoms. The quantitative estimate of drug-likeness (QED) is 0.622. The second-order valence-corrected chi connectivity index (χ2v) is 6.79. The van der Waals surface area contributed by atoms with Crippen molar-refractivity contribution in [2.75, 3.05) is 25.8 Å². The Morgan fingerprint density at radius 2 is 2.13 bits per heavy atom. The summed E-state index contributed by atoms with van der Waals surface area (Å²) in [7, 11) is -3.74. The number of benzene rings is 1. The Morgan fingerprint density at radius 3 is 2.83 bits per heavy atom. The first kappa shape index (κ1) is 17.5. The fourth-order valence-corrected chi connectivity index (χ4v) is 3.14. The molecule has 2 N–H and O–H groups in total. The lowest BCUT2D eigenvalue weighted by atomic mass is 10.1. The van der Waals surface area contributed by atoms with Gasteiger partial charge in [0.2, 0.25) is 16.8 Å². The van der Waals surface area contributed by atoms with E-state index in [9.17, 15) is 18.3 Å². The number of rotatable bonds is 9. The Bertz CT molecular complexity index is 659. The van der Waals surface area contributed by atoms with Gasteiger partial charge in [-0.1, -0.05) is 6.07 Å². The van der Waals surface area contributed by atoms with E-state index in [-0.39, 0.29) is 25.6 Å². The number of fused-ring (bicyclic) bond motifs is 1. The van der Waals surface area contributed by atoms with Crippen molar-refractivity contribution in [2.24, 2.45) is 0 Å². The molecule has 2 rings (SSSR count). The van der Waals surface area contributed by atoms with Gasteiger partial charge in [-0.2, -0.15) is 0 Å². The van der Waals surface area contributed by atoms with Crippen molar-refractivity contribution in [1.82, 2.24) is 4.72 Å². The minimum Gasteiger partial charge on any atom is -0.480 e. The molecular weight excluding hydrogens is 326 g/mol. The van der Waals surface area contributed by atoms with Crippen LogP contribution in [0.3, 0.4) is 0 Å². The molecule has 0 aliphatic carbocycles. The van der Waals surface area contributed by atoms with Gasteiger partial charge < -0.3 is 19.3 Å². The van der Waals surface area contributed by atoms with Gasteiger partial charge in [0.05, 0.1) is 12.4 Å². The van der Waals surface area contributed by atoms with Crippen molar-refractivity contribution in [3.8, 4) is 11.5 Å². The fraction of sp³-hybridized carbons (Fsp3) is 0.500. The average molecular weight is 345 g/mol. The summed E-state index contributed by atoms with van der Waals surface area (Å²) in [4.78, 5) is 11.3. The van der Waals surface area contributed by atoms with Crippen LogP contribution in [0.15, 0.2) is 18.2 Å². The van der Waals surface area contributed by atoms with E-state index in [1.165, 1.54) is 0 Å². The van der Waals surface area contributed by atoms with E-state index in [0.717, 1.165) is 0 Å². The highest BCUT2D eigenvalue weighted by Gasteiger charge is 2.25. The van der Waals surface area contributed by atoms with E-state index in [2.05, 4.69) is 4.72 Å². The van der Waals surface area contributed by atoms with Crippen molar-refractivity contribution in [3.63, 3.8) is 0 Å². The van der Waals surface area contributed by atoms with E-state index in [1.54, 1.807) is 25.1 Å². The second kappa shape index (κ2) is 7.62. The normalized spacial score (nSPS) is 14.7. The minimum absolute atomic E-state index is 0.000160. The van der Waals surface area contributed by atoms with Gasteiger partial charge in [0.25, 0.3) is 0 Å². The zero-order valence-electron chi connectivity index (χ0n) is 12.6.